The van der Waals surface area contributed by atoms with Crippen LogP contribution in [0.3, 0.4) is 0 Å². The van der Waals surface area contributed by atoms with E-state index in [9.17, 15) is 14.7 Å². The fourth-order valence-electron chi connectivity index (χ4n) is 4.86. The number of aliphatic carboxylic acids is 1. The molecule has 1 saturated heterocycles. The first-order chi connectivity index (χ1) is 16.3. The first-order valence-electron chi connectivity index (χ1n) is 11.8. The molecule has 1 amide bonds. The Morgan fingerprint density at radius 2 is 1.88 bits per heavy atom. The van der Waals surface area contributed by atoms with E-state index in [4.69, 9.17) is 4.98 Å². The number of halogens is 1. The van der Waals surface area contributed by atoms with E-state index < -0.39 is 5.97 Å². The van der Waals surface area contributed by atoms with Crippen LogP contribution in [0.5, 0.6) is 0 Å². The van der Waals surface area contributed by atoms with Crippen LogP contribution >= 0.6 is 15.9 Å². The smallest absolute Gasteiger partial charge is 0.303 e. The van der Waals surface area contributed by atoms with Crippen molar-refractivity contribution in [3.8, 4) is 0 Å². The third-order valence-corrected chi connectivity index (χ3v) is 7.13. The second-order valence-corrected chi connectivity index (χ2v) is 9.90. The minimum atomic E-state index is -0.832. The number of carboxylic acids is 1. The zero-order valence-electron chi connectivity index (χ0n) is 19.6. The summed E-state index contributed by atoms with van der Waals surface area (Å²) >= 11 is 3.53. The molecule has 34 heavy (non-hydrogen) atoms. The van der Waals surface area contributed by atoms with Crippen LogP contribution in [0.1, 0.15) is 58.6 Å². The van der Waals surface area contributed by atoms with Crippen molar-refractivity contribution in [2.75, 3.05) is 24.5 Å². The second-order valence-electron chi connectivity index (χ2n) is 8.99. The number of aromatic nitrogens is 1. The zero-order chi connectivity index (χ0) is 24.2. The second kappa shape index (κ2) is 10.6. The summed E-state index contributed by atoms with van der Waals surface area (Å²) in [5, 5.41) is 13.2. The largest absolute Gasteiger partial charge is 0.481 e. The van der Waals surface area contributed by atoms with Crippen LogP contribution in [0.4, 0.5) is 5.82 Å². The fourth-order valence-corrected chi connectivity index (χ4v) is 5.22. The Morgan fingerprint density at radius 3 is 2.59 bits per heavy atom. The van der Waals surface area contributed by atoms with E-state index in [1.807, 2.05) is 56.3 Å². The minimum absolute atomic E-state index is 0.0537. The Hall–Kier alpha value is -2.93. The number of nitrogens with one attached hydrogen (secondary N) is 1. The van der Waals surface area contributed by atoms with Crippen LogP contribution in [0, 0.1) is 13.8 Å². The molecule has 7 heteroatoms. The highest BCUT2D eigenvalue weighted by Crippen LogP contribution is 2.32. The molecule has 0 aliphatic carbocycles. The number of amides is 1. The number of carbonyl (C=O) groups excluding carboxylic acids is 1. The molecule has 2 heterocycles. The molecule has 0 radical (unpaired) electrons. The molecule has 0 bridgehead atoms. The summed E-state index contributed by atoms with van der Waals surface area (Å²) in [5.41, 5.74) is 4.47. The van der Waals surface area contributed by atoms with E-state index in [2.05, 4.69) is 26.1 Å². The number of carbonyl (C=O) groups is 2. The molecule has 1 unspecified atom stereocenters. The van der Waals surface area contributed by atoms with Gasteiger partial charge >= 0.3 is 5.97 Å². The Balaban J connectivity index is 1.67. The van der Waals surface area contributed by atoms with Gasteiger partial charge in [0.25, 0.3) is 5.91 Å². The van der Waals surface area contributed by atoms with Crippen molar-refractivity contribution in [1.82, 2.24) is 10.3 Å². The normalized spacial score (nSPS) is 14.4. The molecule has 1 aliphatic rings. The van der Waals surface area contributed by atoms with Crippen LogP contribution in [-0.4, -0.2) is 41.6 Å². The Kier molecular flexibility index (Phi) is 7.51. The molecule has 2 N–H and O–H groups in total. The molecule has 0 saturated carbocycles. The molecule has 1 aromatic heterocycles. The number of carboxylic acid groups (broad SMARTS) is 1. The van der Waals surface area contributed by atoms with Gasteiger partial charge in [0, 0.05) is 47.4 Å². The number of aryl methyl sites for hydroxylation is 1. The van der Waals surface area contributed by atoms with E-state index in [0.717, 1.165) is 63.8 Å². The number of pyridine rings is 1. The van der Waals surface area contributed by atoms with Crippen LogP contribution in [-0.2, 0) is 4.79 Å². The van der Waals surface area contributed by atoms with E-state index in [0.29, 0.717) is 18.5 Å². The fraction of sp³-hybridized carbons (Fsp3) is 0.370. The molecule has 0 spiro atoms. The number of anilines is 1. The van der Waals surface area contributed by atoms with Gasteiger partial charge in [-0.05, 0) is 62.4 Å². The maximum Gasteiger partial charge on any atom is 0.303 e. The molecule has 4 rings (SSSR count). The summed E-state index contributed by atoms with van der Waals surface area (Å²) in [4.78, 5) is 32.1. The molecule has 2 aromatic carbocycles. The van der Waals surface area contributed by atoms with E-state index in [1.54, 1.807) is 0 Å². The third-order valence-electron chi connectivity index (χ3n) is 6.64. The highest BCUT2D eigenvalue weighted by molar-refractivity contribution is 9.10. The van der Waals surface area contributed by atoms with E-state index in [1.165, 1.54) is 0 Å². The van der Waals surface area contributed by atoms with Gasteiger partial charge in [0.05, 0.1) is 11.1 Å². The third kappa shape index (κ3) is 5.25. The number of nitrogens with zero attached hydrogens (tertiary/aromatic N) is 2. The summed E-state index contributed by atoms with van der Waals surface area (Å²) in [5.74, 6) is -0.198. The van der Waals surface area contributed by atoms with Crippen molar-refractivity contribution >= 4 is 44.5 Å². The van der Waals surface area contributed by atoms with Gasteiger partial charge in [-0.1, -0.05) is 40.2 Å². The summed E-state index contributed by atoms with van der Waals surface area (Å²) < 4.78 is 0.892. The molecular formula is C27H30BrN3O3. The Bertz CT molecular complexity index is 1220. The van der Waals surface area contributed by atoms with Crippen molar-refractivity contribution in [1.29, 1.82) is 0 Å². The first-order valence-corrected chi connectivity index (χ1v) is 12.5. The molecule has 178 valence electrons. The van der Waals surface area contributed by atoms with Crippen molar-refractivity contribution in [2.24, 2.45) is 0 Å². The van der Waals surface area contributed by atoms with Gasteiger partial charge in [-0.25, -0.2) is 4.98 Å². The predicted octanol–water partition coefficient (Wildman–Crippen LogP) is 5.59. The molecule has 1 aliphatic heterocycles. The lowest BCUT2D eigenvalue weighted by molar-refractivity contribution is -0.137. The van der Waals surface area contributed by atoms with Crippen LogP contribution in [0.25, 0.3) is 10.9 Å². The van der Waals surface area contributed by atoms with Gasteiger partial charge in [0.2, 0.25) is 0 Å². The highest BCUT2D eigenvalue weighted by atomic mass is 79.9. The van der Waals surface area contributed by atoms with Gasteiger partial charge in [0.15, 0.2) is 0 Å². The highest BCUT2D eigenvalue weighted by Gasteiger charge is 2.24. The van der Waals surface area contributed by atoms with Crippen LogP contribution in [0.2, 0.25) is 0 Å². The summed E-state index contributed by atoms with van der Waals surface area (Å²) in [6.07, 6.45) is 2.77. The van der Waals surface area contributed by atoms with Crippen molar-refractivity contribution in [3.05, 3.63) is 69.2 Å². The summed E-state index contributed by atoms with van der Waals surface area (Å²) in [7, 11) is 0. The molecule has 1 atom stereocenters. The van der Waals surface area contributed by atoms with Gasteiger partial charge in [-0.15, -0.1) is 0 Å². The Morgan fingerprint density at radius 1 is 1.15 bits per heavy atom. The predicted molar refractivity (Wildman–Crippen MR) is 139 cm³/mol. The number of benzene rings is 2. The standard InChI is InChI=1S/C27H30BrN3O3/c1-17-7-3-4-8-21(17)19(9-12-24(32)33)16-29-27(34)25-18(2)26(31-13-5-6-14-31)30-23-11-10-20(28)15-22(23)25/h3-4,7-8,10-11,15,19H,5-6,9,12-14,16H2,1-2H3,(H,29,34)(H,32,33). The summed E-state index contributed by atoms with van der Waals surface area (Å²) in [6.45, 7) is 6.25. The molecule has 6 nitrogen and oxygen atoms in total. The maximum atomic E-state index is 13.6. The first kappa shape index (κ1) is 24.2. The van der Waals surface area contributed by atoms with Gasteiger partial charge < -0.3 is 15.3 Å². The van der Waals surface area contributed by atoms with Crippen LogP contribution < -0.4 is 10.2 Å². The Labute approximate surface area is 208 Å². The molecular weight excluding hydrogens is 494 g/mol. The lowest BCUT2D eigenvalue weighted by Crippen LogP contribution is -2.30. The number of rotatable bonds is 8. The number of hydrogen-bond acceptors (Lipinski definition) is 4. The maximum absolute atomic E-state index is 13.6. The van der Waals surface area contributed by atoms with Crippen LogP contribution in [0.15, 0.2) is 46.9 Å². The minimum Gasteiger partial charge on any atom is -0.481 e. The zero-order valence-corrected chi connectivity index (χ0v) is 21.2. The SMILES string of the molecule is Cc1ccccc1C(CCC(=O)O)CNC(=O)c1c(C)c(N2CCCC2)nc2ccc(Br)cc12. The average Bonchev–Trinajstić information content (AvgIpc) is 3.34. The van der Waals surface area contributed by atoms with E-state index in [-0.39, 0.29) is 18.2 Å². The monoisotopic (exact) mass is 523 g/mol. The average molecular weight is 524 g/mol. The van der Waals surface area contributed by atoms with Gasteiger partial charge in [-0.2, -0.15) is 0 Å². The molecule has 3 aromatic rings. The summed E-state index contributed by atoms with van der Waals surface area (Å²) in [6, 6.07) is 13.8. The molecule has 1 fully saturated rings. The van der Waals surface area contributed by atoms with Crippen molar-refractivity contribution in [2.45, 2.75) is 45.4 Å². The van der Waals surface area contributed by atoms with Gasteiger partial charge in [-0.3, -0.25) is 9.59 Å². The number of fused-ring (bicyclic) bond motifs is 1. The quantitative estimate of drug-likeness (QED) is 0.401. The number of hydrogen-bond donors (Lipinski definition) is 2. The lowest BCUT2D eigenvalue weighted by Gasteiger charge is -2.23. The van der Waals surface area contributed by atoms with Crippen molar-refractivity contribution < 1.29 is 14.7 Å². The topological polar surface area (TPSA) is 82.5 Å². The lowest BCUT2D eigenvalue weighted by atomic mass is 9.90. The van der Waals surface area contributed by atoms with Gasteiger partial charge in [0.1, 0.15) is 5.82 Å². The van der Waals surface area contributed by atoms with Crippen molar-refractivity contribution in [3.63, 3.8) is 0 Å². The van der Waals surface area contributed by atoms with E-state index >= 15 is 0 Å².